The van der Waals surface area contributed by atoms with E-state index in [4.69, 9.17) is 0 Å². The van der Waals surface area contributed by atoms with Crippen LogP contribution >= 0.6 is 0 Å². The third-order valence-electron chi connectivity index (χ3n) is 3.82. The zero-order valence-electron chi connectivity index (χ0n) is 13.6. The minimum absolute atomic E-state index is 0.0637. The Balaban J connectivity index is 1.81. The molecule has 5 nitrogen and oxygen atoms in total. The van der Waals surface area contributed by atoms with Crippen molar-refractivity contribution in [3.63, 3.8) is 0 Å². The first-order valence-electron chi connectivity index (χ1n) is 8.24. The van der Waals surface area contributed by atoms with Crippen molar-refractivity contribution in [1.29, 1.82) is 0 Å². The molecule has 0 atom stereocenters. The third kappa shape index (κ3) is 5.54. The van der Waals surface area contributed by atoms with Gasteiger partial charge in [0.2, 0.25) is 5.91 Å². The van der Waals surface area contributed by atoms with Gasteiger partial charge in [0.25, 0.3) is 0 Å². The predicted octanol–water partition coefficient (Wildman–Crippen LogP) is 1.55. The van der Waals surface area contributed by atoms with E-state index < -0.39 is 0 Å². The smallest absolute Gasteiger partial charge is 0.244 e. The number of carbonyl (C=O) groups excluding carboxylic acids is 1. The molecule has 23 heavy (non-hydrogen) atoms. The van der Waals surface area contributed by atoms with Crippen molar-refractivity contribution in [2.45, 2.75) is 26.2 Å². The molecule has 1 aliphatic rings. The maximum absolute atomic E-state index is 13.6. The van der Waals surface area contributed by atoms with Crippen molar-refractivity contribution in [1.82, 2.24) is 15.5 Å². The van der Waals surface area contributed by atoms with Crippen LogP contribution < -0.4 is 10.6 Å². The first kappa shape index (κ1) is 17.2. The van der Waals surface area contributed by atoms with Gasteiger partial charge in [0.05, 0.1) is 0 Å². The van der Waals surface area contributed by atoms with Crippen molar-refractivity contribution in [3.05, 3.63) is 35.6 Å². The number of guanidine groups is 1. The summed E-state index contributed by atoms with van der Waals surface area (Å²) in [5.41, 5.74) is 0.670. The monoisotopic (exact) mass is 320 g/mol. The number of halogens is 1. The summed E-state index contributed by atoms with van der Waals surface area (Å²) < 4.78 is 13.6. The van der Waals surface area contributed by atoms with E-state index in [1.54, 1.807) is 12.1 Å². The number of aliphatic imine (C=N–C) groups is 1. The molecule has 1 heterocycles. The Morgan fingerprint density at radius 3 is 2.70 bits per heavy atom. The molecule has 1 amide bonds. The second kappa shape index (κ2) is 9.12. The number of hydrogen-bond donors (Lipinski definition) is 2. The lowest BCUT2D eigenvalue weighted by molar-refractivity contribution is -0.128. The number of benzene rings is 1. The number of hydrogen-bond acceptors (Lipinski definition) is 2. The standard InChI is InChI=1S/C17H25FN4O/c1-2-19-17(21-13-16(23)22-11-5-6-12-22)20-10-9-14-7-3-4-8-15(14)18/h3-4,7-8H,2,5-6,9-13H2,1H3,(H2,19,20,21). The van der Waals surface area contributed by atoms with Crippen LogP contribution in [0.4, 0.5) is 4.39 Å². The second-order valence-corrected chi connectivity index (χ2v) is 5.55. The minimum atomic E-state index is -0.194. The Bertz CT molecular complexity index is 541. The fraction of sp³-hybridized carbons (Fsp3) is 0.529. The highest BCUT2D eigenvalue weighted by molar-refractivity contribution is 5.85. The third-order valence-corrected chi connectivity index (χ3v) is 3.82. The highest BCUT2D eigenvalue weighted by Crippen LogP contribution is 2.07. The van der Waals surface area contributed by atoms with Gasteiger partial charge in [0.15, 0.2) is 5.96 Å². The molecular weight excluding hydrogens is 295 g/mol. The fourth-order valence-electron chi connectivity index (χ4n) is 2.57. The quantitative estimate of drug-likeness (QED) is 0.618. The lowest BCUT2D eigenvalue weighted by Gasteiger charge is -2.15. The van der Waals surface area contributed by atoms with Gasteiger partial charge in [-0.05, 0) is 37.8 Å². The average molecular weight is 320 g/mol. The zero-order valence-corrected chi connectivity index (χ0v) is 13.6. The molecule has 1 aliphatic heterocycles. The Kier molecular flexibility index (Phi) is 6.84. The van der Waals surface area contributed by atoms with Crippen LogP contribution in [0.15, 0.2) is 29.3 Å². The van der Waals surface area contributed by atoms with Gasteiger partial charge in [-0.2, -0.15) is 0 Å². The molecule has 0 aliphatic carbocycles. The molecular formula is C17H25FN4O. The largest absolute Gasteiger partial charge is 0.357 e. The molecule has 1 aromatic carbocycles. The SMILES string of the molecule is CCNC(=NCC(=O)N1CCCC1)NCCc1ccccc1F. The summed E-state index contributed by atoms with van der Waals surface area (Å²) >= 11 is 0. The average Bonchev–Trinajstić information content (AvgIpc) is 3.08. The van der Waals surface area contributed by atoms with Crippen LogP contribution in [0.5, 0.6) is 0 Å². The molecule has 0 saturated carbocycles. The van der Waals surface area contributed by atoms with Gasteiger partial charge in [-0.3, -0.25) is 4.79 Å². The van der Waals surface area contributed by atoms with E-state index in [2.05, 4.69) is 15.6 Å². The molecule has 1 saturated heterocycles. The Labute approximate surface area is 137 Å². The molecule has 1 fully saturated rings. The van der Waals surface area contributed by atoms with E-state index in [1.807, 2.05) is 17.9 Å². The minimum Gasteiger partial charge on any atom is -0.357 e. The first-order chi connectivity index (χ1) is 11.2. The van der Waals surface area contributed by atoms with Gasteiger partial charge in [-0.15, -0.1) is 0 Å². The number of nitrogens with zero attached hydrogens (tertiary/aromatic N) is 2. The lowest BCUT2D eigenvalue weighted by Crippen LogP contribution is -2.39. The Hall–Kier alpha value is -2.11. The van der Waals surface area contributed by atoms with Crippen LogP contribution in [-0.2, 0) is 11.2 Å². The van der Waals surface area contributed by atoms with Crippen molar-refractivity contribution in [3.8, 4) is 0 Å². The summed E-state index contributed by atoms with van der Waals surface area (Å²) in [5.74, 6) is 0.464. The van der Waals surface area contributed by atoms with E-state index >= 15 is 0 Å². The Morgan fingerprint density at radius 2 is 2.00 bits per heavy atom. The molecule has 126 valence electrons. The molecule has 2 rings (SSSR count). The summed E-state index contributed by atoms with van der Waals surface area (Å²) in [6.45, 7) is 5.07. The maximum atomic E-state index is 13.6. The van der Waals surface area contributed by atoms with Gasteiger partial charge in [0, 0.05) is 26.2 Å². The fourth-order valence-corrected chi connectivity index (χ4v) is 2.57. The second-order valence-electron chi connectivity index (χ2n) is 5.55. The lowest BCUT2D eigenvalue weighted by atomic mass is 10.1. The highest BCUT2D eigenvalue weighted by atomic mass is 19.1. The van der Waals surface area contributed by atoms with Crippen LogP contribution in [0.2, 0.25) is 0 Å². The molecule has 6 heteroatoms. The first-order valence-corrected chi connectivity index (χ1v) is 8.24. The number of amides is 1. The predicted molar refractivity (Wildman–Crippen MR) is 89.9 cm³/mol. The molecule has 0 aromatic heterocycles. The van der Waals surface area contributed by atoms with Crippen LogP contribution in [0, 0.1) is 5.82 Å². The van der Waals surface area contributed by atoms with E-state index in [0.717, 1.165) is 25.9 Å². The summed E-state index contributed by atoms with van der Waals surface area (Å²) in [5, 5.41) is 6.25. The molecule has 0 bridgehead atoms. The van der Waals surface area contributed by atoms with E-state index in [9.17, 15) is 9.18 Å². The van der Waals surface area contributed by atoms with E-state index in [0.29, 0.717) is 31.0 Å². The van der Waals surface area contributed by atoms with Crippen molar-refractivity contribution in [2.24, 2.45) is 4.99 Å². The van der Waals surface area contributed by atoms with Crippen molar-refractivity contribution in [2.75, 3.05) is 32.7 Å². The van der Waals surface area contributed by atoms with E-state index in [-0.39, 0.29) is 18.3 Å². The molecule has 0 unspecified atom stereocenters. The number of carbonyl (C=O) groups is 1. The van der Waals surface area contributed by atoms with Crippen LogP contribution in [0.25, 0.3) is 0 Å². The van der Waals surface area contributed by atoms with Crippen molar-refractivity contribution < 1.29 is 9.18 Å². The highest BCUT2D eigenvalue weighted by Gasteiger charge is 2.17. The van der Waals surface area contributed by atoms with Crippen LogP contribution in [-0.4, -0.2) is 49.5 Å². The molecule has 2 N–H and O–H groups in total. The summed E-state index contributed by atoms with van der Waals surface area (Å²) in [6.07, 6.45) is 2.73. The Morgan fingerprint density at radius 1 is 1.26 bits per heavy atom. The number of nitrogens with one attached hydrogen (secondary N) is 2. The topological polar surface area (TPSA) is 56.7 Å². The number of likely N-dealkylation sites (tertiary alicyclic amines) is 1. The van der Waals surface area contributed by atoms with Gasteiger partial charge in [-0.25, -0.2) is 9.38 Å². The summed E-state index contributed by atoms with van der Waals surface area (Å²) in [7, 11) is 0. The van der Waals surface area contributed by atoms with Crippen LogP contribution in [0.3, 0.4) is 0 Å². The van der Waals surface area contributed by atoms with Crippen LogP contribution in [0.1, 0.15) is 25.3 Å². The summed E-state index contributed by atoms with van der Waals surface area (Å²) in [6, 6.07) is 6.75. The maximum Gasteiger partial charge on any atom is 0.244 e. The molecule has 0 radical (unpaired) electrons. The van der Waals surface area contributed by atoms with E-state index in [1.165, 1.54) is 6.07 Å². The number of rotatable bonds is 6. The molecule has 0 spiro atoms. The van der Waals surface area contributed by atoms with Gasteiger partial charge in [0.1, 0.15) is 12.4 Å². The normalized spacial score (nSPS) is 14.9. The summed E-state index contributed by atoms with van der Waals surface area (Å²) in [4.78, 5) is 18.2. The molecule has 1 aromatic rings. The van der Waals surface area contributed by atoms with Gasteiger partial charge in [-0.1, -0.05) is 18.2 Å². The van der Waals surface area contributed by atoms with Gasteiger partial charge < -0.3 is 15.5 Å². The van der Waals surface area contributed by atoms with Gasteiger partial charge >= 0.3 is 0 Å². The zero-order chi connectivity index (χ0) is 16.5. The van der Waals surface area contributed by atoms with Crippen molar-refractivity contribution >= 4 is 11.9 Å².